The molecular formula is C11H20N4. The summed E-state index contributed by atoms with van der Waals surface area (Å²) < 4.78 is 0. The Morgan fingerprint density at radius 3 is 2.80 bits per heavy atom. The lowest BCUT2D eigenvalue weighted by molar-refractivity contribution is 0.300. The van der Waals surface area contributed by atoms with Crippen molar-refractivity contribution in [1.29, 1.82) is 0 Å². The summed E-state index contributed by atoms with van der Waals surface area (Å²) in [5, 5.41) is 11.0. The summed E-state index contributed by atoms with van der Waals surface area (Å²) in [4.78, 5) is 2.42. The SMILES string of the molecule is CCCN(CC)CCNc1cccnn1. The Balaban J connectivity index is 2.20. The summed E-state index contributed by atoms with van der Waals surface area (Å²) in [7, 11) is 0. The maximum absolute atomic E-state index is 3.97. The van der Waals surface area contributed by atoms with Gasteiger partial charge in [-0.1, -0.05) is 13.8 Å². The molecule has 0 fully saturated rings. The average Bonchev–Trinajstić information content (AvgIpc) is 2.29. The van der Waals surface area contributed by atoms with Gasteiger partial charge in [0.25, 0.3) is 0 Å². The van der Waals surface area contributed by atoms with Crippen molar-refractivity contribution in [2.24, 2.45) is 0 Å². The number of rotatable bonds is 7. The van der Waals surface area contributed by atoms with Crippen LogP contribution in [0, 0.1) is 0 Å². The van der Waals surface area contributed by atoms with Crippen molar-refractivity contribution in [3.63, 3.8) is 0 Å². The first-order valence-corrected chi connectivity index (χ1v) is 5.60. The minimum atomic E-state index is 0.852. The average molecular weight is 208 g/mol. The van der Waals surface area contributed by atoms with Gasteiger partial charge >= 0.3 is 0 Å². The van der Waals surface area contributed by atoms with Gasteiger partial charge in [0.15, 0.2) is 0 Å². The molecule has 0 atom stereocenters. The van der Waals surface area contributed by atoms with Gasteiger partial charge in [-0.15, -0.1) is 5.10 Å². The summed E-state index contributed by atoms with van der Waals surface area (Å²) in [6.07, 6.45) is 2.89. The van der Waals surface area contributed by atoms with Gasteiger partial charge in [-0.2, -0.15) is 5.10 Å². The molecule has 1 N–H and O–H groups in total. The Morgan fingerprint density at radius 2 is 2.20 bits per heavy atom. The topological polar surface area (TPSA) is 41.0 Å². The number of nitrogens with zero attached hydrogens (tertiary/aromatic N) is 3. The van der Waals surface area contributed by atoms with Gasteiger partial charge in [0.1, 0.15) is 5.82 Å². The highest BCUT2D eigenvalue weighted by Gasteiger charge is 1.99. The molecule has 15 heavy (non-hydrogen) atoms. The summed E-state index contributed by atoms with van der Waals surface area (Å²) >= 11 is 0. The summed E-state index contributed by atoms with van der Waals surface area (Å²) in [6.45, 7) is 8.65. The summed E-state index contributed by atoms with van der Waals surface area (Å²) in [5.74, 6) is 0.852. The summed E-state index contributed by atoms with van der Waals surface area (Å²) in [6, 6.07) is 3.82. The first-order valence-electron chi connectivity index (χ1n) is 5.60. The molecule has 0 bridgehead atoms. The van der Waals surface area contributed by atoms with E-state index in [0.717, 1.165) is 25.5 Å². The van der Waals surface area contributed by atoms with Gasteiger partial charge < -0.3 is 10.2 Å². The lowest BCUT2D eigenvalue weighted by Gasteiger charge is -2.19. The molecule has 1 aromatic rings. The van der Waals surface area contributed by atoms with Crippen LogP contribution in [0.1, 0.15) is 20.3 Å². The normalized spacial score (nSPS) is 10.6. The minimum Gasteiger partial charge on any atom is -0.367 e. The number of hydrogen-bond donors (Lipinski definition) is 1. The first kappa shape index (κ1) is 11.9. The highest BCUT2D eigenvalue weighted by molar-refractivity contribution is 5.31. The molecule has 4 heteroatoms. The number of aromatic nitrogens is 2. The van der Waals surface area contributed by atoms with Gasteiger partial charge in [-0.25, -0.2) is 0 Å². The molecule has 0 aliphatic heterocycles. The standard InChI is InChI=1S/C11H20N4/c1-3-9-15(4-2)10-8-12-11-6-5-7-13-14-11/h5-7H,3-4,8-10H2,1-2H3,(H,12,14). The quantitative estimate of drug-likeness (QED) is 0.739. The third-order valence-corrected chi connectivity index (χ3v) is 2.29. The lowest BCUT2D eigenvalue weighted by atomic mass is 10.4. The number of anilines is 1. The minimum absolute atomic E-state index is 0.852. The molecule has 0 aliphatic carbocycles. The molecule has 84 valence electrons. The van der Waals surface area contributed by atoms with Crippen LogP contribution >= 0.6 is 0 Å². The Bertz CT molecular complexity index is 250. The Morgan fingerprint density at radius 1 is 1.33 bits per heavy atom. The zero-order chi connectivity index (χ0) is 10.9. The van der Waals surface area contributed by atoms with E-state index in [1.165, 1.54) is 13.0 Å². The number of hydrogen-bond acceptors (Lipinski definition) is 4. The molecule has 0 unspecified atom stereocenters. The van der Waals surface area contributed by atoms with Gasteiger partial charge in [-0.3, -0.25) is 0 Å². The Hall–Kier alpha value is -1.16. The molecule has 0 saturated carbocycles. The molecule has 4 nitrogen and oxygen atoms in total. The molecule has 1 heterocycles. The zero-order valence-electron chi connectivity index (χ0n) is 9.61. The molecule has 0 saturated heterocycles. The molecule has 0 aromatic carbocycles. The molecule has 0 amide bonds. The first-order chi connectivity index (χ1) is 7.36. The van der Waals surface area contributed by atoms with Crippen LogP contribution in [-0.4, -0.2) is 41.3 Å². The Kier molecular flexibility index (Phi) is 5.70. The fourth-order valence-corrected chi connectivity index (χ4v) is 1.48. The maximum atomic E-state index is 3.97. The third kappa shape index (κ3) is 4.74. The van der Waals surface area contributed by atoms with E-state index < -0.39 is 0 Å². The molecule has 1 aromatic heterocycles. The summed E-state index contributed by atoms with van der Waals surface area (Å²) in [5.41, 5.74) is 0. The second kappa shape index (κ2) is 7.17. The van der Waals surface area contributed by atoms with Crippen LogP contribution < -0.4 is 5.32 Å². The van der Waals surface area contributed by atoms with Crippen LogP contribution in [-0.2, 0) is 0 Å². The van der Waals surface area contributed by atoms with Crippen LogP contribution in [0.2, 0.25) is 0 Å². The van der Waals surface area contributed by atoms with Crippen LogP contribution in [0.15, 0.2) is 18.3 Å². The van der Waals surface area contributed by atoms with Gasteiger partial charge in [0, 0.05) is 19.3 Å². The van der Waals surface area contributed by atoms with E-state index in [0.29, 0.717) is 0 Å². The van der Waals surface area contributed by atoms with Crippen LogP contribution in [0.3, 0.4) is 0 Å². The maximum Gasteiger partial charge on any atom is 0.148 e. The van der Waals surface area contributed by atoms with Crippen molar-refractivity contribution >= 4 is 5.82 Å². The van der Waals surface area contributed by atoms with Gasteiger partial charge in [-0.05, 0) is 31.6 Å². The van der Waals surface area contributed by atoms with E-state index >= 15 is 0 Å². The highest BCUT2D eigenvalue weighted by Crippen LogP contribution is 1.97. The van der Waals surface area contributed by atoms with Crippen LogP contribution in [0.4, 0.5) is 5.82 Å². The lowest BCUT2D eigenvalue weighted by Crippen LogP contribution is -2.29. The Labute approximate surface area is 91.7 Å². The van der Waals surface area contributed by atoms with Crippen molar-refractivity contribution in [3.8, 4) is 0 Å². The van der Waals surface area contributed by atoms with Crippen LogP contribution in [0.25, 0.3) is 0 Å². The van der Waals surface area contributed by atoms with E-state index in [4.69, 9.17) is 0 Å². The zero-order valence-corrected chi connectivity index (χ0v) is 9.61. The van der Waals surface area contributed by atoms with E-state index in [2.05, 4.69) is 34.3 Å². The smallest absolute Gasteiger partial charge is 0.148 e. The molecule has 0 radical (unpaired) electrons. The molecular weight excluding hydrogens is 188 g/mol. The molecule has 1 rings (SSSR count). The third-order valence-electron chi connectivity index (χ3n) is 2.29. The van der Waals surface area contributed by atoms with Crippen molar-refractivity contribution in [1.82, 2.24) is 15.1 Å². The van der Waals surface area contributed by atoms with Crippen molar-refractivity contribution in [2.75, 3.05) is 31.5 Å². The number of nitrogens with one attached hydrogen (secondary N) is 1. The van der Waals surface area contributed by atoms with E-state index in [9.17, 15) is 0 Å². The largest absolute Gasteiger partial charge is 0.367 e. The van der Waals surface area contributed by atoms with E-state index in [1.807, 2.05) is 12.1 Å². The fourth-order valence-electron chi connectivity index (χ4n) is 1.48. The van der Waals surface area contributed by atoms with Gasteiger partial charge in [0.05, 0.1) is 0 Å². The highest BCUT2D eigenvalue weighted by atomic mass is 15.2. The van der Waals surface area contributed by atoms with E-state index in [1.54, 1.807) is 6.20 Å². The fraction of sp³-hybridized carbons (Fsp3) is 0.636. The van der Waals surface area contributed by atoms with Crippen LogP contribution in [0.5, 0.6) is 0 Å². The second-order valence-corrected chi connectivity index (χ2v) is 3.47. The number of likely N-dealkylation sites (N-methyl/N-ethyl adjacent to an activating group) is 1. The second-order valence-electron chi connectivity index (χ2n) is 3.47. The van der Waals surface area contributed by atoms with Crippen molar-refractivity contribution in [3.05, 3.63) is 18.3 Å². The van der Waals surface area contributed by atoms with Gasteiger partial charge in [0.2, 0.25) is 0 Å². The molecule has 0 spiro atoms. The monoisotopic (exact) mass is 208 g/mol. The molecule has 0 aliphatic rings. The van der Waals surface area contributed by atoms with E-state index in [-0.39, 0.29) is 0 Å². The van der Waals surface area contributed by atoms with Crippen molar-refractivity contribution < 1.29 is 0 Å². The predicted molar refractivity (Wildman–Crippen MR) is 62.9 cm³/mol. The van der Waals surface area contributed by atoms with Crippen molar-refractivity contribution in [2.45, 2.75) is 20.3 Å². The predicted octanol–water partition coefficient (Wildman–Crippen LogP) is 1.62.